The molecule has 7 nitrogen and oxygen atoms in total. The van der Waals surface area contributed by atoms with E-state index in [0.717, 1.165) is 22.7 Å². The van der Waals surface area contributed by atoms with Crippen molar-refractivity contribution in [3.05, 3.63) is 53.5 Å². The molecule has 7 heteroatoms. The van der Waals surface area contributed by atoms with Crippen molar-refractivity contribution in [1.82, 2.24) is 24.3 Å². The number of H-pyrrole nitrogens is 1. The molecule has 1 aliphatic heterocycles. The van der Waals surface area contributed by atoms with Crippen molar-refractivity contribution in [3.8, 4) is 0 Å². The molecule has 1 N–H and O–H groups in total. The second-order valence-corrected chi connectivity index (χ2v) is 6.16. The van der Waals surface area contributed by atoms with Crippen LogP contribution in [0.15, 0.2) is 30.7 Å². The van der Waals surface area contributed by atoms with Gasteiger partial charge in [0.05, 0.1) is 13.2 Å². The van der Waals surface area contributed by atoms with Crippen molar-refractivity contribution >= 4 is 11.6 Å². The predicted octanol–water partition coefficient (Wildman–Crippen LogP) is 1.89. The number of carbonyl (C=O) groups excluding carboxylic acids is 1. The van der Waals surface area contributed by atoms with Gasteiger partial charge in [-0.2, -0.15) is 0 Å². The lowest BCUT2D eigenvalue weighted by molar-refractivity contribution is -0.0266. The summed E-state index contributed by atoms with van der Waals surface area (Å²) >= 11 is 0. The van der Waals surface area contributed by atoms with Crippen LogP contribution in [0.2, 0.25) is 0 Å². The van der Waals surface area contributed by atoms with E-state index in [9.17, 15) is 4.79 Å². The van der Waals surface area contributed by atoms with Gasteiger partial charge in [-0.05, 0) is 25.5 Å². The fourth-order valence-corrected chi connectivity index (χ4v) is 2.96. The zero-order valence-corrected chi connectivity index (χ0v) is 13.7. The molecule has 4 rings (SSSR count). The summed E-state index contributed by atoms with van der Waals surface area (Å²) in [5.41, 5.74) is 3.33. The highest BCUT2D eigenvalue weighted by atomic mass is 16.5. The lowest BCUT2D eigenvalue weighted by atomic mass is 10.2. The standard InChI is InChI=1S/C17H19N5O2/c1-11-3-4-15-20-13(9-22(15)8-11)17(23)21-5-6-24-14(10-21)16-18-7-12(2)19-16/h3-4,7-9,14H,5-6,10H2,1-2H3,(H,18,19)/t14-/m0/s1. The third kappa shape index (κ3) is 2.67. The maximum absolute atomic E-state index is 12.8. The minimum Gasteiger partial charge on any atom is -0.367 e. The molecule has 1 atom stereocenters. The number of ether oxygens (including phenoxy) is 1. The maximum Gasteiger partial charge on any atom is 0.274 e. The molecule has 24 heavy (non-hydrogen) atoms. The number of amides is 1. The van der Waals surface area contributed by atoms with E-state index in [2.05, 4.69) is 15.0 Å². The number of imidazole rings is 2. The average molecular weight is 325 g/mol. The summed E-state index contributed by atoms with van der Waals surface area (Å²) in [7, 11) is 0. The second kappa shape index (κ2) is 5.76. The van der Waals surface area contributed by atoms with Crippen molar-refractivity contribution in [1.29, 1.82) is 0 Å². The van der Waals surface area contributed by atoms with Crippen molar-refractivity contribution in [3.63, 3.8) is 0 Å². The summed E-state index contributed by atoms with van der Waals surface area (Å²) < 4.78 is 7.64. The van der Waals surface area contributed by atoms with E-state index in [1.807, 2.05) is 36.6 Å². The smallest absolute Gasteiger partial charge is 0.274 e. The number of fused-ring (bicyclic) bond motifs is 1. The van der Waals surface area contributed by atoms with Crippen molar-refractivity contribution in [2.24, 2.45) is 0 Å². The predicted molar refractivity (Wildman–Crippen MR) is 87.9 cm³/mol. The Labute approximate surface area is 139 Å². The highest BCUT2D eigenvalue weighted by Crippen LogP contribution is 2.21. The summed E-state index contributed by atoms with van der Waals surface area (Å²) in [4.78, 5) is 26.5. The molecule has 0 unspecified atom stereocenters. The minimum absolute atomic E-state index is 0.0760. The van der Waals surface area contributed by atoms with E-state index >= 15 is 0 Å². The first-order valence-electron chi connectivity index (χ1n) is 7.98. The highest BCUT2D eigenvalue weighted by Gasteiger charge is 2.28. The molecule has 3 aromatic heterocycles. The topological polar surface area (TPSA) is 75.5 Å². The zero-order valence-electron chi connectivity index (χ0n) is 13.7. The van der Waals surface area contributed by atoms with E-state index in [1.165, 1.54) is 0 Å². The highest BCUT2D eigenvalue weighted by molar-refractivity contribution is 5.93. The maximum atomic E-state index is 12.8. The summed E-state index contributed by atoms with van der Waals surface area (Å²) in [6.07, 6.45) is 5.29. The molecular formula is C17H19N5O2. The van der Waals surface area contributed by atoms with Crippen LogP contribution in [0.3, 0.4) is 0 Å². The van der Waals surface area contributed by atoms with Crippen LogP contribution in [0.4, 0.5) is 0 Å². The Morgan fingerprint density at radius 2 is 2.21 bits per heavy atom. The van der Waals surface area contributed by atoms with E-state index in [4.69, 9.17) is 4.74 Å². The number of morpholine rings is 1. The van der Waals surface area contributed by atoms with E-state index in [-0.39, 0.29) is 12.0 Å². The van der Waals surface area contributed by atoms with Gasteiger partial charge in [0.2, 0.25) is 0 Å². The van der Waals surface area contributed by atoms with Gasteiger partial charge in [-0.1, -0.05) is 6.07 Å². The van der Waals surface area contributed by atoms with Crippen LogP contribution in [0.5, 0.6) is 0 Å². The van der Waals surface area contributed by atoms with E-state index in [1.54, 1.807) is 17.3 Å². The van der Waals surface area contributed by atoms with Crippen LogP contribution in [0.25, 0.3) is 5.65 Å². The molecule has 1 amide bonds. The SMILES string of the molecule is Cc1ccc2nc(C(=O)N3CCO[C@H](c4ncc(C)[nH]4)C3)cn2c1. The Balaban J connectivity index is 1.56. The van der Waals surface area contributed by atoms with Gasteiger partial charge in [0.15, 0.2) is 0 Å². The monoisotopic (exact) mass is 325 g/mol. The average Bonchev–Trinajstić information content (AvgIpc) is 3.20. The van der Waals surface area contributed by atoms with Crippen molar-refractivity contribution in [2.45, 2.75) is 20.0 Å². The molecule has 3 aromatic rings. The van der Waals surface area contributed by atoms with Crippen LogP contribution in [0.1, 0.15) is 33.7 Å². The molecule has 0 radical (unpaired) electrons. The van der Waals surface area contributed by atoms with Crippen LogP contribution in [-0.4, -0.2) is 49.9 Å². The molecule has 4 heterocycles. The Kier molecular flexibility index (Phi) is 3.57. The van der Waals surface area contributed by atoms with Crippen molar-refractivity contribution in [2.75, 3.05) is 19.7 Å². The van der Waals surface area contributed by atoms with Crippen LogP contribution < -0.4 is 0 Å². The first-order valence-corrected chi connectivity index (χ1v) is 7.98. The number of aromatic amines is 1. The summed E-state index contributed by atoms with van der Waals surface area (Å²) in [5, 5.41) is 0. The minimum atomic E-state index is -0.226. The fourth-order valence-electron chi connectivity index (χ4n) is 2.96. The number of nitrogens with one attached hydrogen (secondary N) is 1. The number of aryl methyl sites for hydroxylation is 2. The first kappa shape index (κ1) is 14.9. The number of pyridine rings is 1. The molecule has 0 bridgehead atoms. The van der Waals surface area contributed by atoms with Crippen LogP contribution in [-0.2, 0) is 4.74 Å². The third-order valence-corrected chi connectivity index (χ3v) is 4.20. The Morgan fingerprint density at radius 3 is 3.00 bits per heavy atom. The molecule has 0 spiro atoms. The Morgan fingerprint density at radius 1 is 1.33 bits per heavy atom. The van der Waals surface area contributed by atoms with E-state index in [0.29, 0.717) is 25.4 Å². The Bertz CT molecular complexity index is 897. The number of hydrogen-bond donors (Lipinski definition) is 1. The number of aromatic nitrogens is 4. The first-order chi connectivity index (χ1) is 11.6. The molecule has 0 aromatic carbocycles. The quantitative estimate of drug-likeness (QED) is 0.781. The summed E-state index contributed by atoms with van der Waals surface area (Å²) in [5.74, 6) is 0.684. The van der Waals surface area contributed by atoms with Gasteiger partial charge in [-0.25, -0.2) is 9.97 Å². The van der Waals surface area contributed by atoms with Gasteiger partial charge < -0.3 is 19.0 Å². The van der Waals surface area contributed by atoms with Gasteiger partial charge in [-0.3, -0.25) is 4.79 Å². The third-order valence-electron chi connectivity index (χ3n) is 4.20. The van der Waals surface area contributed by atoms with E-state index < -0.39 is 0 Å². The lowest BCUT2D eigenvalue weighted by Gasteiger charge is -2.31. The molecule has 1 aliphatic rings. The zero-order chi connectivity index (χ0) is 16.7. The van der Waals surface area contributed by atoms with Gasteiger partial charge in [0.1, 0.15) is 23.3 Å². The fraction of sp³-hybridized carbons (Fsp3) is 0.353. The van der Waals surface area contributed by atoms with Gasteiger partial charge in [-0.15, -0.1) is 0 Å². The number of nitrogens with zero attached hydrogens (tertiary/aromatic N) is 4. The van der Waals surface area contributed by atoms with Crippen molar-refractivity contribution < 1.29 is 9.53 Å². The van der Waals surface area contributed by atoms with Gasteiger partial charge in [0.25, 0.3) is 5.91 Å². The van der Waals surface area contributed by atoms with Crippen LogP contribution in [0, 0.1) is 13.8 Å². The second-order valence-electron chi connectivity index (χ2n) is 6.16. The number of rotatable bonds is 2. The molecule has 0 aliphatic carbocycles. The lowest BCUT2D eigenvalue weighted by Crippen LogP contribution is -2.42. The molecule has 0 saturated carbocycles. The number of hydrogen-bond acceptors (Lipinski definition) is 4. The summed E-state index contributed by atoms with van der Waals surface area (Å²) in [6.45, 7) is 5.48. The normalized spacial score (nSPS) is 18.2. The molecule has 1 fully saturated rings. The molecular weight excluding hydrogens is 306 g/mol. The molecule has 124 valence electrons. The molecule has 1 saturated heterocycles. The van der Waals surface area contributed by atoms with Crippen LogP contribution >= 0.6 is 0 Å². The van der Waals surface area contributed by atoms with Gasteiger partial charge >= 0.3 is 0 Å². The summed E-state index contributed by atoms with van der Waals surface area (Å²) in [6, 6.07) is 3.90. The van der Waals surface area contributed by atoms with Gasteiger partial charge in [0, 0.05) is 30.8 Å². The largest absolute Gasteiger partial charge is 0.367 e. The number of carbonyl (C=O) groups is 1. The Hall–Kier alpha value is -2.67.